The van der Waals surface area contributed by atoms with Gasteiger partial charge in [-0.3, -0.25) is 4.90 Å². The summed E-state index contributed by atoms with van der Waals surface area (Å²) in [7, 11) is 0. The summed E-state index contributed by atoms with van der Waals surface area (Å²) in [5.74, 6) is 0. The highest BCUT2D eigenvalue weighted by atomic mass is 16.3. The third-order valence-corrected chi connectivity index (χ3v) is 3.64. The molecule has 2 unspecified atom stereocenters. The number of aliphatic hydroxyl groups is 1. The van der Waals surface area contributed by atoms with E-state index in [1.165, 1.54) is 25.8 Å². The van der Waals surface area contributed by atoms with E-state index in [1.807, 2.05) is 6.92 Å². The third kappa shape index (κ3) is 3.44. The van der Waals surface area contributed by atoms with Crippen LogP contribution in [0.15, 0.2) is 0 Å². The van der Waals surface area contributed by atoms with Crippen LogP contribution in [0, 0.1) is 0 Å². The number of piperidine rings is 2. The van der Waals surface area contributed by atoms with Crippen LogP contribution in [0.25, 0.3) is 0 Å². The maximum atomic E-state index is 10.0. The Bertz CT molecular complexity index is 200. The molecule has 15 heavy (non-hydrogen) atoms. The average Bonchev–Trinajstić information content (AvgIpc) is 2.17. The Kier molecular flexibility index (Phi) is 3.65. The number of likely N-dealkylation sites (tertiary alicyclic amines) is 1. The van der Waals surface area contributed by atoms with Crippen LogP contribution < -0.4 is 5.32 Å². The first-order valence-electron chi connectivity index (χ1n) is 6.34. The monoisotopic (exact) mass is 212 g/mol. The predicted octanol–water partition coefficient (Wildman–Crippen LogP) is 0.975. The van der Waals surface area contributed by atoms with Gasteiger partial charge >= 0.3 is 0 Å². The zero-order valence-corrected chi connectivity index (χ0v) is 9.84. The van der Waals surface area contributed by atoms with Gasteiger partial charge in [-0.05, 0) is 45.7 Å². The van der Waals surface area contributed by atoms with Gasteiger partial charge in [-0.1, -0.05) is 6.42 Å². The van der Waals surface area contributed by atoms with Gasteiger partial charge in [0.05, 0.1) is 5.60 Å². The van der Waals surface area contributed by atoms with Crippen LogP contribution in [0.4, 0.5) is 0 Å². The highest BCUT2D eigenvalue weighted by Crippen LogP contribution is 2.21. The summed E-state index contributed by atoms with van der Waals surface area (Å²) >= 11 is 0. The van der Waals surface area contributed by atoms with Crippen molar-refractivity contribution >= 4 is 0 Å². The molecule has 2 saturated heterocycles. The second-order valence-electron chi connectivity index (χ2n) is 5.48. The number of nitrogens with one attached hydrogen (secondary N) is 1. The Balaban J connectivity index is 1.78. The lowest BCUT2D eigenvalue weighted by Gasteiger charge is -2.39. The minimum absolute atomic E-state index is 0.451. The van der Waals surface area contributed by atoms with Crippen molar-refractivity contribution < 1.29 is 5.11 Å². The van der Waals surface area contributed by atoms with Crippen molar-refractivity contribution in [3.05, 3.63) is 0 Å². The summed E-state index contributed by atoms with van der Waals surface area (Å²) in [4.78, 5) is 2.42. The molecule has 0 aliphatic carbocycles. The van der Waals surface area contributed by atoms with Gasteiger partial charge < -0.3 is 10.4 Å². The summed E-state index contributed by atoms with van der Waals surface area (Å²) in [5.41, 5.74) is -0.451. The number of hydrogen-bond acceptors (Lipinski definition) is 3. The number of hydrogen-bond donors (Lipinski definition) is 2. The maximum absolute atomic E-state index is 10.0. The van der Waals surface area contributed by atoms with Gasteiger partial charge in [-0.25, -0.2) is 0 Å². The number of nitrogens with zero attached hydrogens (tertiary/aromatic N) is 1. The van der Waals surface area contributed by atoms with Crippen molar-refractivity contribution in [3.8, 4) is 0 Å². The van der Waals surface area contributed by atoms with Gasteiger partial charge in [0.15, 0.2) is 0 Å². The normalized spacial score (nSPS) is 39.2. The predicted molar refractivity (Wildman–Crippen MR) is 61.9 cm³/mol. The Morgan fingerprint density at radius 1 is 1.40 bits per heavy atom. The van der Waals surface area contributed by atoms with Crippen LogP contribution in [-0.4, -0.2) is 47.8 Å². The van der Waals surface area contributed by atoms with Crippen LogP contribution in [-0.2, 0) is 0 Å². The molecule has 0 amide bonds. The molecular weight excluding hydrogens is 188 g/mol. The maximum Gasteiger partial charge on any atom is 0.0746 e. The zero-order valence-electron chi connectivity index (χ0n) is 9.84. The second-order valence-corrected chi connectivity index (χ2v) is 5.48. The molecule has 3 heteroatoms. The summed E-state index contributed by atoms with van der Waals surface area (Å²) in [5, 5.41) is 13.6. The lowest BCUT2D eigenvalue weighted by atomic mass is 9.94. The van der Waals surface area contributed by atoms with E-state index in [0.29, 0.717) is 6.04 Å². The molecule has 0 saturated carbocycles. The molecule has 0 radical (unpaired) electrons. The minimum atomic E-state index is -0.451. The molecule has 0 bridgehead atoms. The van der Waals surface area contributed by atoms with Gasteiger partial charge in [0.2, 0.25) is 0 Å². The molecule has 2 rings (SSSR count). The Labute approximate surface area is 92.8 Å². The standard InChI is InChI=1S/C12H24N2O/c1-12(15)6-4-8-14(10-12)9-11-5-2-3-7-13-11/h11,13,15H,2-10H2,1H3. The van der Waals surface area contributed by atoms with Crippen LogP contribution >= 0.6 is 0 Å². The van der Waals surface area contributed by atoms with Gasteiger partial charge in [0.1, 0.15) is 0 Å². The lowest BCUT2D eigenvalue weighted by molar-refractivity contribution is -0.0186. The molecule has 2 fully saturated rings. The fraction of sp³-hybridized carbons (Fsp3) is 1.00. The first-order chi connectivity index (χ1) is 7.16. The van der Waals surface area contributed by atoms with Crippen molar-refractivity contribution in [2.45, 2.75) is 50.7 Å². The smallest absolute Gasteiger partial charge is 0.0746 e. The Morgan fingerprint density at radius 3 is 2.93 bits per heavy atom. The van der Waals surface area contributed by atoms with Crippen molar-refractivity contribution in [1.82, 2.24) is 10.2 Å². The van der Waals surface area contributed by atoms with Gasteiger partial charge in [0, 0.05) is 19.1 Å². The van der Waals surface area contributed by atoms with Crippen LogP contribution in [0.3, 0.4) is 0 Å². The van der Waals surface area contributed by atoms with Gasteiger partial charge in [0.25, 0.3) is 0 Å². The van der Waals surface area contributed by atoms with E-state index in [1.54, 1.807) is 0 Å². The van der Waals surface area contributed by atoms with Crippen molar-refractivity contribution in [2.24, 2.45) is 0 Å². The summed E-state index contributed by atoms with van der Waals surface area (Å²) in [6, 6.07) is 0.660. The zero-order chi connectivity index (χ0) is 10.7. The topological polar surface area (TPSA) is 35.5 Å². The SMILES string of the molecule is CC1(O)CCCN(CC2CCCCN2)C1. The summed E-state index contributed by atoms with van der Waals surface area (Å²) in [6.45, 7) is 6.28. The minimum Gasteiger partial charge on any atom is -0.389 e. The number of rotatable bonds is 2. The molecule has 2 heterocycles. The van der Waals surface area contributed by atoms with E-state index in [-0.39, 0.29) is 0 Å². The fourth-order valence-corrected chi connectivity index (χ4v) is 2.87. The molecule has 0 aromatic rings. The summed E-state index contributed by atoms with van der Waals surface area (Å²) < 4.78 is 0. The van der Waals surface area contributed by atoms with E-state index in [0.717, 1.165) is 32.5 Å². The van der Waals surface area contributed by atoms with Crippen molar-refractivity contribution in [1.29, 1.82) is 0 Å². The molecule has 2 N–H and O–H groups in total. The van der Waals surface area contributed by atoms with E-state index in [9.17, 15) is 5.11 Å². The van der Waals surface area contributed by atoms with Crippen LogP contribution in [0.1, 0.15) is 39.0 Å². The van der Waals surface area contributed by atoms with Gasteiger partial charge in [-0.2, -0.15) is 0 Å². The van der Waals surface area contributed by atoms with E-state index in [2.05, 4.69) is 10.2 Å². The molecule has 2 atom stereocenters. The van der Waals surface area contributed by atoms with E-state index in [4.69, 9.17) is 0 Å². The van der Waals surface area contributed by atoms with Gasteiger partial charge in [-0.15, -0.1) is 0 Å². The molecule has 0 spiro atoms. The molecule has 88 valence electrons. The fourth-order valence-electron chi connectivity index (χ4n) is 2.87. The quantitative estimate of drug-likeness (QED) is 0.716. The van der Waals surface area contributed by atoms with Crippen LogP contribution in [0.2, 0.25) is 0 Å². The average molecular weight is 212 g/mol. The third-order valence-electron chi connectivity index (χ3n) is 3.64. The second kappa shape index (κ2) is 4.81. The Morgan fingerprint density at radius 2 is 2.27 bits per heavy atom. The first-order valence-corrected chi connectivity index (χ1v) is 6.34. The van der Waals surface area contributed by atoms with Crippen molar-refractivity contribution in [3.63, 3.8) is 0 Å². The molecule has 3 nitrogen and oxygen atoms in total. The highest BCUT2D eigenvalue weighted by molar-refractivity contribution is 4.85. The number of β-amino-alcohol motifs (C(OH)–C–C–N with tert-alkyl or cyclic N) is 1. The molecule has 2 aliphatic heterocycles. The highest BCUT2D eigenvalue weighted by Gasteiger charge is 2.29. The molecule has 0 aromatic carbocycles. The van der Waals surface area contributed by atoms with E-state index < -0.39 is 5.60 Å². The largest absolute Gasteiger partial charge is 0.389 e. The van der Waals surface area contributed by atoms with E-state index >= 15 is 0 Å². The molecule has 2 aliphatic rings. The Hall–Kier alpha value is -0.120. The molecule has 0 aromatic heterocycles. The van der Waals surface area contributed by atoms with Crippen LogP contribution in [0.5, 0.6) is 0 Å². The summed E-state index contributed by atoms with van der Waals surface area (Å²) in [6.07, 6.45) is 6.09. The van der Waals surface area contributed by atoms with Crippen molar-refractivity contribution in [2.75, 3.05) is 26.2 Å². The first kappa shape index (κ1) is 11.4. The lowest BCUT2D eigenvalue weighted by Crippen LogP contribution is -2.51. The molecular formula is C12H24N2O.